The molecular formula is C28H31N5O. The molecule has 0 radical (unpaired) electrons. The third-order valence-electron chi connectivity index (χ3n) is 7.58. The van der Waals surface area contributed by atoms with Gasteiger partial charge in [-0.25, -0.2) is 0 Å². The summed E-state index contributed by atoms with van der Waals surface area (Å²) < 4.78 is 0. The van der Waals surface area contributed by atoms with Crippen LogP contribution in [0, 0.1) is 25.2 Å². The summed E-state index contributed by atoms with van der Waals surface area (Å²) in [5, 5.41) is 18.0. The highest BCUT2D eigenvalue weighted by atomic mass is 16.2. The van der Waals surface area contributed by atoms with Crippen molar-refractivity contribution in [1.82, 2.24) is 20.1 Å². The Hall–Kier alpha value is -3.46. The van der Waals surface area contributed by atoms with Gasteiger partial charge in [0, 0.05) is 24.2 Å². The number of aryl methyl sites for hydroxylation is 2. The van der Waals surface area contributed by atoms with Gasteiger partial charge in [-0.15, -0.1) is 10.2 Å². The Bertz CT molecular complexity index is 1240. The van der Waals surface area contributed by atoms with Crippen LogP contribution in [0.3, 0.4) is 0 Å². The molecule has 2 aliphatic rings. The molecule has 0 unspecified atom stereocenters. The average molecular weight is 454 g/mol. The smallest absolute Gasteiger partial charge is 0.254 e. The second kappa shape index (κ2) is 9.42. The third kappa shape index (κ3) is 4.23. The normalized spacial score (nSPS) is 17.1. The Morgan fingerprint density at radius 1 is 1.00 bits per heavy atom. The number of benzene rings is 2. The molecule has 1 amide bonds. The molecule has 174 valence electrons. The predicted molar refractivity (Wildman–Crippen MR) is 132 cm³/mol. The maximum Gasteiger partial charge on any atom is 0.254 e. The highest BCUT2D eigenvalue weighted by Gasteiger charge is 2.29. The van der Waals surface area contributed by atoms with Gasteiger partial charge in [-0.3, -0.25) is 4.79 Å². The van der Waals surface area contributed by atoms with Crippen molar-refractivity contribution < 1.29 is 4.79 Å². The quantitative estimate of drug-likeness (QED) is 0.554. The van der Waals surface area contributed by atoms with E-state index in [2.05, 4.69) is 40.3 Å². The van der Waals surface area contributed by atoms with E-state index >= 15 is 0 Å². The van der Waals surface area contributed by atoms with E-state index in [-0.39, 0.29) is 5.91 Å². The Morgan fingerprint density at radius 3 is 2.38 bits per heavy atom. The topological polar surface area (TPSA) is 85.7 Å². The van der Waals surface area contributed by atoms with Crippen LogP contribution in [0.25, 0.3) is 11.4 Å². The molecule has 2 fully saturated rings. The van der Waals surface area contributed by atoms with Crippen molar-refractivity contribution in [2.45, 2.75) is 64.2 Å². The summed E-state index contributed by atoms with van der Waals surface area (Å²) in [6.07, 6.45) is 6.62. The van der Waals surface area contributed by atoms with E-state index in [0.717, 1.165) is 52.3 Å². The van der Waals surface area contributed by atoms with Crippen molar-refractivity contribution >= 4 is 5.91 Å². The number of carbonyl (C=O) groups excluding carboxylic acids is 1. The molecule has 6 nitrogen and oxygen atoms in total. The van der Waals surface area contributed by atoms with Crippen LogP contribution in [0.1, 0.15) is 88.8 Å². The number of nitrogens with one attached hydrogen (secondary N) is 1. The van der Waals surface area contributed by atoms with Crippen molar-refractivity contribution in [2.24, 2.45) is 0 Å². The summed E-state index contributed by atoms with van der Waals surface area (Å²) in [7, 11) is 0. The van der Waals surface area contributed by atoms with E-state index in [1.165, 1.54) is 31.2 Å². The lowest BCUT2D eigenvalue weighted by Crippen LogP contribution is -2.38. The maximum atomic E-state index is 13.6. The Labute approximate surface area is 201 Å². The molecule has 1 aliphatic heterocycles. The van der Waals surface area contributed by atoms with E-state index in [0.29, 0.717) is 24.9 Å². The van der Waals surface area contributed by atoms with E-state index < -0.39 is 0 Å². The SMILES string of the molecule is Cc1nnc(-c2cc(C(=O)N3CCC(c4ccccc4C#N)CC3)c(C)cc2C2CCCC2)[nH]1. The van der Waals surface area contributed by atoms with Crippen LogP contribution >= 0.6 is 0 Å². The molecule has 1 aliphatic carbocycles. The summed E-state index contributed by atoms with van der Waals surface area (Å²) in [5.74, 6) is 2.44. The summed E-state index contributed by atoms with van der Waals surface area (Å²) in [6, 6.07) is 14.4. The fraction of sp³-hybridized carbons (Fsp3) is 0.429. The molecule has 0 atom stereocenters. The Balaban J connectivity index is 1.40. The zero-order valence-electron chi connectivity index (χ0n) is 20.0. The fourth-order valence-electron chi connectivity index (χ4n) is 5.73. The Kier molecular flexibility index (Phi) is 6.19. The number of carbonyl (C=O) groups is 1. The fourth-order valence-corrected chi connectivity index (χ4v) is 5.73. The molecule has 1 saturated carbocycles. The van der Waals surface area contributed by atoms with Crippen molar-refractivity contribution in [3.63, 3.8) is 0 Å². The van der Waals surface area contributed by atoms with Gasteiger partial charge < -0.3 is 9.88 Å². The molecule has 2 heterocycles. The summed E-state index contributed by atoms with van der Waals surface area (Å²) in [6.45, 7) is 5.35. The maximum absolute atomic E-state index is 13.6. The number of piperidine rings is 1. The van der Waals surface area contributed by atoms with Crippen molar-refractivity contribution in [3.05, 3.63) is 70.0 Å². The van der Waals surface area contributed by atoms with Gasteiger partial charge in [0.05, 0.1) is 11.6 Å². The predicted octanol–water partition coefficient (Wildman–Crippen LogP) is 5.64. The van der Waals surface area contributed by atoms with Crippen molar-refractivity contribution in [1.29, 1.82) is 5.26 Å². The molecule has 1 aromatic heterocycles. The molecule has 2 aromatic carbocycles. The summed E-state index contributed by atoms with van der Waals surface area (Å²) >= 11 is 0. The number of amides is 1. The highest BCUT2D eigenvalue weighted by Crippen LogP contribution is 2.40. The lowest BCUT2D eigenvalue weighted by molar-refractivity contribution is 0.0712. The van der Waals surface area contributed by atoms with Crippen LogP contribution < -0.4 is 0 Å². The van der Waals surface area contributed by atoms with Crippen molar-refractivity contribution in [2.75, 3.05) is 13.1 Å². The van der Waals surface area contributed by atoms with Gasteiger partial charge in [0.1, 0.15) is 5.82 Å². The molecule has 3 aromatic rings. The van der Waals surface area contributed by atoms with E-state index in [4.69, 9.17) is 0 Å². The van der Waals surface area contributed by atoms with E-state index in [1.54, 1.807) is 0 Å². The second-order valence-electron chi connectivity index (χ2n) is 9.76. The number of likely N-dealkylation sites (tertiary alicyclic amines) is 1. The lowest BCUT2D eigenvalue weighted by Gasteiger charge is -2.33. The first kappa shape index (κ1) is 22.3. The molecule has 6 heteroatoms. The van der Waals surface area contributed by atoms with Crippen LogP contribution in [-0.2, 0) is 0 Å². The van der Waals surface area contributed by atoms with Gasteiger partial charge in [0.2, 0.25) is 0 Å². The van der Waals surface area contributed by atoms with Gasteiger partial charge in [-0.05, 0) is 80.2 Å². The first-order valence-corrected chi connectivity index (χ1v) is 12.4. The highest BCUT2D eigenvalue weighted by molar-refractivity contribution is 5.97. The number of aromatic amines is 1. The van der Waals surface area contributed by atoms with Crippen LogP contribution in [0.5, 0.6) is 0 Å². The molecule has 5 rings (SSSR count). The van der Waals surface area contributed by atoms with Gasteiger partial charge in [-0.1, -0.05) is 37.1 Å². The van der Waals surface area contributed by atoms with Gasteiger partial charge in [0.25, 0.3) is 5.91 Å². The lowest BCUT2D eigenvalue weighted by atomic mass is 9.86. The first-order chi connectivity index (χ1) is 16.5. The van der Waals surface area contributed by atoms with E-state index in [1.807, 2.05) is 36.1 Å². The minimum Gasteiger partial charge on any atom is -0.339 e. The molecule has 1 N–H and O–H groups in total. The zero-order valence-corrected chi connectivity index (χ0v) is 20.0. The molecule has 0 spiro atoms. The average Bonchev–Trinajstić information content (AvgIpc) is 3.56. The second-order valence-corrected chi connectivity index (χ2v) is 9.76. The molecule has 34 heavy (non-hydrogen) atoms. The van der Waals surface area contributed by atoms with Crippen LogP contribution in [0.4, 0.5) is 0 Å². The largest absolute Gasteiger partial charge is 0.339 e. The number of nitrogens with zero attached hydrogens (tertiary/aromatic N) is 4. The minimum atomic E-state index is 0.0833. The zero-order chi connectivity index (χ0) is 23.7. The Morgan fingerprint density at radius 2 is 1.71 bits per heavy atom. The molecule has 1 saturated heterocycles. The summed E-state index contributed by atoms with van der Waals surface area (Å²) in [5.41, 5.74) is 5.94. The van der Waals surface area contributed by atoms with E-state index in [9.17, 15) is 10.1 Å². The van der Waals surface area contributed by atoms with Crippen LogP contribution in [-0.4, -0.2) is 39.1 Å². The minimum absolute atomic E-state index is 0.0833. The number of H-pyrrole nitrogens is 1. The van der Waals surface area contributed by atoms with Gasteiger partial charge in [0.15, 0.2) is 5.82 Å². The number of rotatable bonds is 4. The standard InChI is InChI=1S/C28H31N5O/c1-18-15-25(20-7-3-4-8-20)26(27-30-19(2)31-32-27)16-24(18)28(34)33-13-11-21(12-14-33)23-10-6-5-9-22(23)17-29/h5-6,9-10,15-16,20-21H,3-4,7-8,11-14H2,1-2H3,(H,30,31,32). The van der Waals surface area contributed by atoms with Crippen molar-refractivity contribution in [3.8, 4) is 17.5 Å². The van der Waals surface area contributed by atoms with Crippen LogP contribution in [0.2, 0.25) is 0 Å². The van der Waals surface area contributed by atoms with Gasteiger partial charge >= 0.3 is 0 Å². The number of hydrogen-bond acceptors (Lipinski definition) is 4. The summed E-state index contributed by atoms with van der Waals surface area (Å²) in [4.78, 5) is 18.9. The van der Waals surface area contributed by atoms with Crippen LogP contribution in [0.15, 0.2) is 36.4 Å². The number of hydrogen-bond donors (Lipinski definition) is 1. The first-order valence-electron chi connectivity index (χ1n) is 12.4. The molecule has 0 bridgehead atoms. The number of nitriles is 1. The van der Waals surface area contributed by atoms with Gasteiger partial charge in [-0.2, -0.15) is 5.26 Å². The monoisotopic (exact) mass is 453 g/mol. The molecular weight excluding hydrogens is 422 g/mol. The number of aromatic nitrogens is 3. The third-order valence-corrected chi connectivity index (χ3v) is 7.58.